The van der Waals surface area contributed by atoms with Crippen LogP contribution < -0.4 is 0 Å². The summed E-state index contributed by atoms with van der Waals surface area (Å²) in [6.45, 7) is 2.99. The van der Waals surface area contributed by atoms with Crippen LogP contribution in [0.1, 0.15) is 23.8 Å². The molecule has 90 valence electrons. The summed E-state index contributed by atoms with van der Waals surface area (Å²) in [5, 5.41) is 6.77. The molecule has 0 saturated heterocycles. The van der Waals surface area contributed by atoms with Gasteiger partial charge in [0.15, 0.2) is 5.78 Å². The summed E-state index contributed by atoms with van der Waals surface area (Å²) in [6, 6.07) is 0. The summed E-state index contributed by atoms with van der Waals surface area (Å²) < 4.78 is 1.87. The zero-order chi connectivity index (χ0) is 12.3. The fourth-order valence-corrected chi connectivity index (χ4v) is 2.37. The first-order chi connectivity index (χ1) is 8.24. The molecule has 0 N–H and O–H groups in total. The Morgan fingerprint density at radius 2 is 2.41 bits per heavy atom. The van der Waals surface area contributed by atoms with Crippen LogP contribution in [-0.2, 0) is 6.54 Å². The van der Waals surface area contributed by atoms with Crippen LogP contribution in [0.2, 0.25) is 0 Å². The van der Waals surface area contributed by atoms with Crippen molar-refractivity contribution in [1.29, 1.82) is 0 Å². The molecule has 0 fully saturated rings. The minimum absolute atomic E-state index is 0.0295. The van der Waals surface area contributed by atoms with Crippen molar-refractivity contribution in [3.8, 4) is 10.6 Å². The molecule has 0 saturated carbocycles. The Labute approximate surface area is 108 Å². The average Bonchev–Trinajstić information content (AvgIpc) is 2.96. The van der Waals surface area contributed by atoms with Gasteiger partial charge in [-0.2, -0.15) is 5.10 Å². The molecule has 2 heterocycles. The van der Waals surface area contributed by atoms with E-state index >= 15 is 0 Å². The number of Topliss-reactive ketones (excluding diaryl/α,β-unsaturated/α-hetero) is 1. The molecule has 2 aromatic rings. The standard InChI is InChI=1S/C11H12ClN3OS/c1-2-3-15-6-8(5-13-15)11-14-9(7-17-11)10(16)4-12/h5-7H,2-4H2,1H3. The van der Waals surface area contributed by atoms with E-state index in [1.807, 2.05) is 10.9 Å². The van der Waals surface area contributed by atoms with Gasteiger partial charge in [0, 0.05) is 23.7 Å². The molecule has 0 atom stereocenters. The zero-order valence-electron chi connectivity index (χ0n) is 9.39. The Kier molecular flexibility index (Phi) is 3.91. The van der Waals surface area contributed by atoms with E-state index in [4.69, 9.17) is 11.6 Å². The maximum absolute atomic E-state index is 11.4. The highest BCUT2D eigenvalue weighted by atomic mass is 35.5. The van der Waals surface area contributed by atoms with Crippen LogP contribution in [0, 0.1) is 0 Å². The Morgan fingerprint density at radius 3 is 3.12 bits per heavy atom. The summed E-state index contributed by atoms with van der Waals surface area (Å²) in [6.07, 6.45) is 4.75. The van der Waals surface area contributed by atoms with Gasteiger partial charge in [-0.3, -0.25) is 9.48 Å². The van der Waals surface area contributed by atoms with Crippen molar-refractivity contribution in [1.82, 2.24) is 14.8 Å². The number of thiazole rings is 1. The molecule has 17 heavy (non-hydrogen) atoms. The molecule has 2 rings (SSSR count). The predicted molar refractivity (Wildman–Crippen MR) is 68.7 cm³/mol. The van der Waals surface area contributed by atoms with Crippen LogP contribution in [0.5, 0.6) is 0 Å². The lowest BCUT2D eigenvalue weighted by Gasteiger charge is -1.94. The normalized spacial score (nSPS) is 10.7. The fourth-order valence-electron chi connectivity index (χ4n) is 1.43. The molecule has 0 amide bonds. The van der Waals surface area contributed by atoms with Gasteiger partial charge in [0.05, 0.1) is 12.1 Å². The van der Waals surface area contributed by atoms with Gasteiger partial charge in [-0.05, 0) is 6.42 Å². The SMILES string of the molecule is CCCn1cc(-c2nc(C(=O)CCl)cs2)cn1. The molecule has 0 aliphatic carbocycles. The van der Waals surface area contributed by atoms with E-state index in [1.165, 1.54) is 11.3 Å². The lowest BCUT2D eigenvalue weighted by molar-refractivity contribution is 0.101. The van der Waals surface area contributed by atoms with Crippen LogP contribution in [0.25, 0.3) is 10.6 Å². The topological polar surface area (TPSA) is 47.8 Å². The van der Waals surface area contributed by atoms with Crippen molar-refractivity contribution in [2.45, 2.75) is 19.9 Å². The van der Waals surface area contributed by atoms with Gasteiger partial charge in [0.25, 0.3) is 0 Å². The number of carbonyl (C=O) groups is 1. The number of rotatable bonds is 5. The Hall–Kier alpha value is -1.20. The van der Waals surface area contributed by atoms with E-state index in [0.717, 1.165) is 23.5 Å². The van der Waals surface area contributed by atoms with E-state index in [2.05, 4.69) is 17.0 Å². The third-order valence-electron chi connectivity index (χ3n) is 2.24. The average molecular weight is 270 g/mol. The minimum atomic E-state index is -0.143. The highest BCUT2D eigenvalue weighted by Crippen LogP contribution is 2.23. The van der Waals surface area contributed by atoms with Gasteiger partial charge in [-0.25, -0.2) is 4.98 Å². The van der Waals surface area contributed by atoms with Gasteiger partial charge in [0.1, 0.15) is 10.7 Å². The lowest BCUT2D eigenvalue weighted by atomic mass is 10.3. The molecule has 0 bridgehead atoms. The fraction of sp³-hybridized carbons (Fsp3) is 0.364. The smallest absolute Gasteiger partial charge is 0.196 e. The van der Waals surface area contributed by atoms with E-state index in [-0.39, 0.29) is 11.7 Å². The number of hydrogen-bond acceptors (Lipinski definition) is 4. The second-order valence-corrected chi connectivity index (χ2v) is 4.71. The van der Waals surface area contributed by atoms with Crippen LogP contribution in [0.4, 0.5) is 0 Å². The molecular formula is C11H12ClN3OS. The summed E-state index contributed by atoms with van der Waals surface area (Å²) in [7, 11) is 0. The third-order valence-corrected chi connectivity index (χ3v) is 3.38. The van der Waals surface area contributed by atoms with Gasteiger partial charge in [0.2, 0.25) is 0 Å². The van der Waals surface area contributed by atoms with Crippen LogP contribution in [0.15, 0.2) is 17.8 Å². The molecule has 0 unspecified atom stereocenters. The molecule has 4 nitrogen and oxygen atoms in total. The van der Waals surface area contributed by atoms with Crippen molar-refractivity contribution < 1.29 is 4.79 Å². The molecule has 0 spiro atoms. The first-order valence-electron chi connectivity index (χ1n) is 5.32. The molecule has 0 radical (unpaired) electrons. The number of nitrogens with zero attached hydrogens (tertiary/aromatic N) is 3. The monoisotopic (exact) mass is 269 g/mol. The van der Waals surface area contributed by atoms with Gasteiger partial charge in [-0.15, -0.1) is 22.9 Å². The molecular weight excluding hydrogens is 258 g/mol. The van der Waals surface area contributed by atoms with E-state index in [9.17, 15) is 4.79 Å². The molecule has 0 aliphatic heterocycles. The van der Waals surface area contributed by atoms with Crippen molar-refractivity contribution in [2.24, 2.45) is 0 Å². The number of aromatic nitrogens is 3. The highest BCUT2D eigenvalue weighted by molar-refractivity contribution is 7.13. The molecule has 0 aromatic carbocycles. The first-order valence-corrected chi connectivity index (χ1v) is 6.73. The number of aryl methyl sites for hydroxylation is 1. The first kappa shape index (κ1) is 12.3. The largest absolute Gasteiger partial charge is 0.291 e. The minimum Gasteiger partial charge on any atom is -0.291 e. The summed E-state index contributed by atoms with van der Waals surface area (Å²) in [4.78, 5) is 15.6. The Bertz CT molecular complexity index is 520. The van der Waals surface area contributed by atoms with Gasteiger partial charge < -0.3 is 0 Å². The summed E-state index contributed by atoms with van der Waals surface area (Å²) in [5.41, 5.74) is 1.38. The number of carbonyl (C=O) groups excluding carboxylic acids is 1. The van der Waals surface area contributed by atoms with Crippen molar-refractivity contribution in [3.05, 3.63) is 23.5 Å². The highest BCUT2D eigenvalue weighted by Gasteiger charge is 2.11. The maximum Gasteiger partial charge on any atom is 0.196 e. The number of ketones is 1. The summed E-state index contributed by atoms with van der Waals surface area (Å²) in [5.74, 6) is -0.173. The van der Waals surface area contributed by atoms with Crippen LogP contribution >= 0.6 is 22.9 Å². The summed E-state index contributed by atoms with van der Waals surface area (Å²) >= 11 is 6.92. The quantitative estimate of drug-likeness (QED) is 0.619. The number of alkyl halides is 1. The second kappa shape index (κ2) is 5.42. The van der Waals surface area contributed by atoms with Gasteiger partial charge >= 0.3 is 0 Å². The number of hydrogen-bond donors (Lipinski definition) is 0. The Balaban J connectivity index is 2.21. The van der Waals surface area contributed by atoms with Crippen molar-refractivity contribution >= 4 is 28.7 Å². The van der Waals surface area contributed by atoms with Crippen LogP contribution in [-0.4, -0.2) is 26.4 Å². The van der Waals surface area contributed by atoms with E-state index < -0.39 is 0 Å². The number of halogens is 1. The van der Waals surface area contributed by atoms with Crippen molar-refractivity contribution in [3.63, 3.8) is 0 Å². The van der Waals surface area contributed by atoms with Gasteiger partial charge in [-0.1, -0.05) is 6.92 Å². The van der Waals surface area contributed by atoms with Crippen LogP contribution in [0.3, 0.4) is 0 Å². The van der Waals surface area contributed by atoms with Crippen molar-refractivity contribution in [2.75, 3.05) is 5.88 Å². The predicted octanol–water partition coefficient (Wildman–Crippen LogP) is 2.84. The third kappa shape index (κ3) is 2.73. The maximum atomic E-state index is 11.4. The zero-order valence-corrected chi connectivity index (χ0v) is 11.0. The molecule has 2 aromatic heterocycles. The second-order valence-electron chi connectivity index (χ2n) is 3.59. The Morgan fingerprint density at radius 1 is 1.59 bits per heavy atom. The molecule has 6 heteroatoms. The van der Waals surface area contributed by atoms with E-state index in [1.54, 1.807) is 11.6 Å². The molecule has 0 aliphatic rings. The lowest BCUT2D eigenvalue weighted by Crippen LogP contribution is -1.99. The van der Waals surface area contributed by atoms with E-state index in [0.29, 0.717) is 5.69 Å².